The van der Waals surface area contributed by atoms with E-state index >= 15 is 0 Å². The van der Waals surface area contributed by atoms with Crippen LogP contribution in [0.15, 0.2) is 10.5 Å². The van der Waals surface area contributed by atoms with Crippen molar-refractivity contribution in [2.75, 3.05) is 13.3 Å². The third-order valence-corrected chi connectivity index (χ3v) is 4.62. The third kappa shape index (κ3) is 2.01. The largest absolute Gasteiger partial charge is 0.454 e. The van der Waals surface area contributed by atoms with E-state index in [1.807, 2.05) is 0 Å². The van der Waals surface area contributed by atoms with Crippen LogP contribution >= 0.6 is 15.9 Å². The molecule has 0 amide bonds. The van der Waals surface area contributed by atoms with Gasteiger partial charge in [0.05, 0.1) is 4.47 Å². The van der Waals surface area contributed by atoms with E-state index in [1.54, 1.807) is 0 Å². The minimum Gasteiger partial charge on any atom is -0.454 e. The molecule has 1 fully saturated rings. The van der Waals surface area contributed by atoms with Crippen LogP contribution in [0.5, 0.6) is 11.5 Å². The predicted octanol–water partition coefficient (Wildman–Crippen LogP) is 3.55. The first kappa shape index (κ1) is 12.3. The summed E-state index contributed by atoms with van der Waals surface area (Å²) in [5, 5.41) is 3.61. The maximum absolute atomic E-state index is 5.53. The molecule has 1 saturated heterocycles. The molecule has 2 aliphatic heterocycles. The van der Waals surface area contributed by atoms with Crippen LogP contribution in [-0.2, 0) is 6.42 Å². The number of rotatable bonds is 2. The Kier molecular flexibility index (Phi) is 3.48. The van der Waals surface area contributed by atoms with Gasteiger partial charge in [-0.15, -0.1) is 0 Å². The van der Waals surface area contributed by atoms with Crippen LogP contribution in [0.3, 0.4) is 0 Å². The van der Waals surface area contributed by atoms with Gasteiger partial charge in [-0.2, -0.15) is 0 Å². The minimum atomic E-state index is 0.332. The van der Waals surface area contributed by atoms with Gasteiger partial charge in [-0.3, -0.25) is 0 Å². The average molecular weight is 312 g/mol. The fourth-order valence-electron chi connectivity index (χ4n) is 2.85. The predicted molar refractivity (Wildman–Crippen MR) is 74.2 cm³/mol. The van der Waals surface area contributed by atoms with Gasteiger partial charge in [0.2, 0.25) is 6.79 Å². The van der Waals surface area contributed by atoms with E-state index in [4.69, 9.17) is 9.47 Å². The average Bonchev–Trinajstić information content (AvgIpc) is 2.88. The summed E-state index contributed by atoms with van der Waals surface area (Å²) in [5.74, 6) is 1.74. The molecule has 3 rings (SSSR count). The van der Waals surface area contributed by atoms with E-state index in [-0.39, 0.29) is 0 Å². The molecule has 1 unspecified atom stereocenters. The normalized spacial score (nSPS) is 22.2. The van der Waals surface area contributed by atoms with Crippen LogP contribution in [0, 0.1) is 0 Å². The van der Waals surface area contributed by atoms with Crippen LogP contribution in [0.4, 0.5) is 0 Å². The van der Waals surface area contributed by atoms with Crippen molar-refractivity contribution in [3.63, 3.8) is 0 Å². The van der Waals surface area contributed by atoms with E-state index in [0.717, 1.165) is 28.9 Å². The van der Waals surface area contributed by atoms with E-state index in [2.05, 4.69) is 34.2 Å². The maximum atomic E-state index is 5.53. The highest BCUT2D eigenvalue weighted by Crippen LogP contribution is 2.45. The number of hydrogen-bond acceptors (Lipinski definition) is 3. The topological polar surface area (TPSA) is 30.5 Å². The summed E-state index contributed by atoms with van der Waals surface area (Å²) < 4.78 is 12.1. The molecular formula is C14H18BrNO2. The van der Waals surface area contributed by atoms with Crippen molar-refractivity contribution in [2.24, 2.45) is 0 Å². The van der Waals surface area contributed by atoms with E-state index < -0.39 is 0 Å². The number of piperidine rings is 1. The molecule has 0 bridgehead atoms. The quantitative estimate of drug-likeness (QED) is 0.906. The summed E-state index contributed by atoms with van der Waals surface area (Å²) >= 11 is 3.68. The van der Waals surface area contributed by atoms with Crippen molar-refractivity contribution >= 4 is 15.9 Å². The lowest BCUT2D eigenvalue weighted by atomic mass is 9.92. The zero-order valence-corrected chi connectivity index (χ0v) is 12.2. The first-order valence-electron chi connectivity index (χ1n) is 6.65. The molecular weight excluding hydrogens is 294 g/mol. The summed E-state index contributed by atoms with van der Waals surface area (Å²) in [6.07, 6.45) is 4.79. The number of halogens is 1. The highest BCUT2D eigenvalue weighted by molar-refractivity contribution is 9.10. The molecule has 0 radical (unpaired) electrons. The van der Waals surface area contributed by atoms with Crippen LogP contribution < -0.4 is 14.8 Å². The zero-order chi connectivity index (χ0) is 12.5. The van der Waals surface area contributed by atoms with Crippen molar-refractivity contribution in [1.82, 2.24) is 5.32 Å². The van der Waals surface area contributed by atoms with Crippen molar-refractivity contribution in [2.45, 2.75) is 38.6 Å². The Morgan fingerprint density at radius 1 is 1.39 bits per heavy atom. The van der Waals surface area contributed by atoms with Gasteiger partial charge in [0.25, 0.3) is 0 Å². The lowest BCUT2D eigenvalue weighted by Crippen LogP contribution is -2.27. The highest BCUT2D eigenvalue weighted by atomic mass is 79.9. The van der Waals surface area contributed by atoms with Gasteiger partial charge in [0.1, 0.15) is 0 Å². The van der Waals surface area contributed by atoms with Crippen molar-refractivity contribution in [1.29, 1.82) is 0 Å². The number of ether oxygens (including phenoxy) is 2. The lowest BCUT2D eigenvalue weighted by Gasteiger charge is -2.26. The fraction of sp³-hybridized carbons (Fsp3) is 0.571. The maximum Gasteiger partial charge on any atom is 0.231 e. The second kappa shape index (κ2) is 5.10. The molecule has 0 spiro atoms. The Labute approximate surface area is 116 Å². The molecule has 2 heterocycles. The summed E-state index contributed by atoms with van der Waals surface area (Å²) in [5.41, 5.74) is 2.71. The monoisotopic (exact) mass is 311 g/mol. The first-order valence-corrected chi connectivity index (χ1v) is 7.44. The molecule has 0 aromatic heterocycles. The standard InChI is InChI=1S/C14H18BrNO2/c1-2-9-10(11-5-3-4-6-16-11)7-12-14(13(9)15)18-8-17-12/h7,11,16H,2-6,8H2,1H3. The van der Waals surface area contributed by atoms with Gasteiger partial charge in [-0.05, 0) is 58.9 Å². The van der Waals surface area contributed by atoms with Crippen LogP contribution in [0.2, 0.25) is 0 Å². The molecule has 2 aliphatic rings. The van der Waals surface area contributed by atoms with Gasteiger partial charge in [-0.25, -0.2) is 0 Å². The second-order valence-corrected chi connectivity index (χ2v) is 5.64. The van der Waals surface area contributed by atoms with Gasteiger partial charge in [-0.1, -0.05) is 13.3 Å². The fourth-order valence-corrected chi connectivity index (χ4v) is 3.67. The van der Waals surface area contributed by atoms with Crippen molar-refractivity contribution in [3.05, 3.63) is 21.7 Å². The Balaban J connectivity index is 2.04. The van der Waals surface area contributed by atoms with E-state index in [0.29, 0.717) is 12.8 Å². The molecule has 1 aromatic carbocycles. The smallest absolute Gasteiger partial charge is 0.231 e. The first-order chi connectivity index (χ1) is 8.81. The minimum absolute atomic E-state index is 0.332. The van der Waals surface area contributed by atoms with Gasteiger partial charge >= 0.3 is 0 Å². The summed E-state index contributed by atoms with van der Waals surface area (Å²) in [7, 11) is 0. The Hall–Kier alpha value is -0.740. The number of fused-ring (bicyclic) bond motifs is 1. The molecule has 0 aliphatic carbocycles. The second-order valence-electron chi connectivity index (χ2n) is 4.85. The van der Waals surface area contributed by atoms with Gasteiger partial charge in [0.15, 0.2) is 11.5 Å². The molecule has 1 aromatic rings. The molecule has 18 heavy (non-hydrogen) atoms. The Bertz CT molecular complexity index is 456. The SMILES string of the molecule is CCc1c(C2CCCCN2)cc2c(c1Br)OCO2. The highest BCUT2D eigenvalue weighted by Gasteiger charge is 2.26. The van der Waals surface area contributed by atoms with E-state index in [9.17, 15) is 0 Å². The summed E-state index contributed by atoms with van der Waals surface area (Å²) in [4.78, 5) is 0. The molecule has 1 atom stereocenters. The van der Waals surface area contributed by atoms with E-state index in [1.165, 1.54) is 30.4 Å². The summed E-state index contributed by atoms with van der Waals surface area (Å²) in [6, 6.07) is 2.62. The van der Waals surface area contributed by atoms with Crippen LogP contribution in [0.1, 0.15) is 43.4 Å². The summed E-state index contributed by atoms with van der Waals surface area (Å²) in [6.45, 7) is 3.63. The number of benzene rings is 1. The van der Waals surface area contributed by atoms with Gasteiger partial charge in [0, 0.05) is 6.04 Å². The zero-order valence-electron chi connectivity index (χ0n) is 10.6. The van der Waals surface area contributed by atoms with Crippen molar-refractivity contribution in [3.8, 4) is 11.5 Å². The van der Waals surface area contributed by atoms with Gasteiger partial charge < -0.3 is 14.8 Å². The third-order valence-electron chi connectivity index (χ3n) is 3.78. The van der Waals surface area contributed by atoms with Crippen LogP contribution in [-0.4, -0.2) is 13.3 Å². The number of hydrogen-bond donors (Lipinski definition) is 1. The molecule has 3 nitrogen and oxygen atoms in total. The Morgan fingerprint density at radius 3 is 3.00 bits per heavy atom. The molecule has 98 valence electrons. The lowest BCUT2D eigenvalue weighted by molar-refractivity contribution is 0.173. The molecule has 0 saturated carbocycles. The molecule has 1 N–H and O–H groups in total. The molecule has 4 heteroatoms. The Morgan fingerprint density at radius 2 is 2.28 bits per heavy atom. The van der Waals surface area contributed by atoms with Crippen molar-refractivity contribution < 1.29 is 9.47 Å². The number of nitrogens with one attached hydrogen (secondary N) is 1. The van der Waals surface area contributed by atoms with Crippen LogP contribution in [0.25, 0.3) is 0 Å².